The Bertz CT molecular complexity index is 2380. The lowest BCUT2D eigenvalue weighted by molar-refractivity contribution is -0.870. The van der Waals surface area contributed by atoms with Gasteiger partial charge in [-0.15, -0.1) is 0 Å². The highest BCUT2D eigenvalue weighted by Crippen LogP contribution is 2.13. The molecule has 2 unspecified atom stereocenters. The number of unbranched alkanes of at least 4 members (excludes halogenated alkanes) is 9. The number of carboxylic acids is 1. The van der Waals surface area contributed by atoms with E-state index in [1.807, 2.05) is 21.1 Å². The second-order valence-electron chi connectivity index (χ2n) is 23.7. The van der Waals surface area contributed by atoms with Crippen molar-refractivity contribution < 1.29 is 42.9 Å². The first-order chi connectivity index (χ1) is 45.6. The lowest BCUT2D eigenvalue weighted by Crippen LogP contribution is -2.44. The Labute approximate surface area is 568 Å². The highest BCUT2D eigenvalue weighted by molar-refractivity contribution is 5.70. The van der Waals surface area contributed by atoms with Crippen LogP contribution in [0.4, 0.5) is 0 Å². The smallest absolute Gasteiger partial charge is 0.306 e. The number of quaternary nitrogens is 1. The lowest BCUT2D eigenvalue weighted by Gasteiger charge is -2.26. The number of rotatable bonds is 62. The van der Waals surface area contributed by atoms with E-state index in [9.17, 15) is 19.5 Å². The van der Waals surface area contributed by atoms with Crippen molar-refractivity contribution in [2.75, 3.05) is 47.5 Å². The molecule has 0 aliphatic rings. The van der Waals surface area contributed by atoms with Crippen molar-refractivity contribution in [2.24, 2.45) is 0 Å². The van der Waals surface area contributed by atoms with Gasteiger partial charge in [0.25, 0.3) is 0 Å². The van der Waals surface area contributed by atoms with Crippen molar-refractivity contribution in [3.63, 3.8) is 0 Å². The number of aliphatic carboxylic acids is 1. The molecule has 9 nitrogen and oxygen atoms in total. The van der Waals surface area contributed by atoms with Gasteiger partial charge in [-0.25, -0.2) is 0 Å². The summed E-state index contributed by atoms with van der Waals surface area (Å²) in [6.45, 7) is 4.41. The zero-order valence-corrected chi connectivity index (χ0v) is 58.8. The first-order valence-electron chi connectivity index (χ1n) is 35.5. The van der Waals surface area contributed by atoms with Gasteiger partial charge in [-0.05, 0) is 154 Å². The van der Waals surface area contributed by atoms with Gasteiger partial charge in [0.2, 0.25) is 0 Å². The normalized spacial score (nSPS) is 14.1. The minimum absolute atomic E-state index is 0.123. The molecule has 0 aromatic carbocycles. The molecular formula is C84H127NO8. The molecule has 2 atom stereocenters. The van der Waals surface area contributed by atoms with Gasteiger partial charge < -0.3 is 33.3 Å². The molecule has 0 saturated heterocycles. The summed E-state index contributed by atoms with van der Waals surface area (Å²) in [5, 5.41) is 11.8. The van der Waals surface area contributed by atoms with E-state index in [1.54, 1.807) is 0 Å². The van der Waals surface area contributed by atoms with E-state index < -0.39 is 30.3 Å². The maximum Gasteiger partial charge on any atom is 0.306 e. The van der Waals surface area contributed by atoms with Crippen LogP contribution in [0.25, 0.3) is 0 Å². The zero-order chi connectivity index (χ0) is 67.5. The van der Waals surface area contributed by atoms with E-state index in [0.717, 1.165) is 154 Å². The van der Waals surface area contributed by atoms with Crippen LogP contribution in [0.2, 0.25) is 0 Å². The van der Waals surface area contributed by atoms with Gasteiger partial charge in [-0.1, -0.05) is 283 Å². The average molecular weight is 1280 g/mol. The second-order valence-corrected chi connectivity index (χ2v) is 23.7. The fourth-order valence-electron chi connectivity index (χ4n) is 8.56. The third kappa shape index (κ3) is 72.6. The number of hydrogen-bond donors (Lipinski definition) is 0. The summed E-state index contributed by atoms with van der Waals surface area (Å²) in [7, 11) is 5.89. The predicted molar refractivity (Wildman–Crippen MR) is 397 cm³/mol. The molecule has 0 radical (unpaired) electrons. The molecular weight excluding hydrogens is 1150 g/mol. The molecule has 0 aliphatic heterocycles. The number of allylic oxidation sites excluding steroid dienone is 38. The standard InChI is InChI=1S/C84H127NO8/c1-6-8-10-12-14-16-18-20-22-24-26-28-30-32-34-36-37-38-39-40-41-42-43-44-45-47-49-51-53-55-57-59-61-63-65-67-69-71-73-75-82(87)93-80(79-92-84(83(88)89)90-77-76-85(3,4)5)78-91-81(86)74-72-70-68-66-64-62-60-58-56-54-52-50-48-46-35-33-31-29-27-25-23-21-19-17-15-13-11-9-7-2/h8-11,14-17,20-23,26-29,32-35,37-38,40-41,43-44,47-50,53-56,60,62,66,68,80,84H,6-7,12-13,18-19,24-25,30-31,36,39,42,45-46,51-52,57-59,61,63-65,67,69-79H2,1-5H3/b10-8-,11-9-,16-14-,17-15-,22-20-,23-21-,28-26-,29-27-,34-32-,35-33-,38-37-,41-40-,44-43-,49-47-,50-48-,55-53-,56-54-,62-60-,68-66-. The first kappa shape index (κ1) is 86.4. The molecule has 0 rings (SSSR count). The van der Waals surface area contributed by atoms with Gasteiger partial charge in [-0.2, -0.15) is 0 Å². The van der Waals surface area contributed by atoms with Gasteiger partial charge in [0.1, 0.15) is 13.2 Å². The van der Waals surface area contributed by atoms with Crippen LogP contribution in [0.3, 0.4) is 0 Å². The largest absolute Gasteiger partial charge is 0.545 e. The van der Waals surface area contributed by atoms with E-state index in [-0.39, 0.29) is 32.7 Å². The quantitative estimate of drug-likeness (QED) is 0.0195. The highest BCUT2D eigenvalue weighted by Gasteiger charge is 2.22. The van der Waals surface area contributed by atoms with Crippen LogP contribution in [0, 0.1) is 0 Å². The number of carboxylic acid groups (broad SMARTS) is 1. The third-order valence-electron chi connectivity index (χ3n) is 13.9. The molecule has 516 valence electrons. The van der Waals surface area contributed by atoms with Crippen molar-refractivity contribution >= 4 is 17.9 Å². The van der Waals surface area contributed by atoms with Crippen LogP contribution in [0.1, 0.15) is 219 Å². The molecule has 0 saturated carbocycles. The molecule has 0 aromatic heterocycles. The van der Waals surface area contributed by atoms with E-state index in [2.05, 4.69) is 245 Å². The number of likely N-dealkylation sites (N-methyl/N-ethyl adjacent to an activating group) is 1. The van der Waals surface area contributed by atoms with Crippen LogP contribution in [-0.2, 0) is 33.3 Å². The zero-order valence-electron chi connectivity index (χ0n) is 58.8. The van der Waals surface area contributed by atoms with Crippen molar-refractivity contribution in [1.29, 1.82) is 0 Å². The Morgan fingerprint density at radius 3 is 0.892 bits per heavy atom. The number of ether oxygens (including phenoxy) is 4. The summed E-state index contributed by atoms with van der Waals surface area (Å²) < 4.78 is 22.7. The van der Waals surface area contributed by atoms with Gasteiger partial charge >= 0.3 is 11.9 Å². The van der Waals surface area contributed by atoms with Crippen molar-refractivity contribution in [3.8, 4) is 0 Å². The Kier molecular flexibility index (Phi) is 66.1. The SMILES string of the molecule is CC/C=C\C/C=C\C/C=C\C/C=C\C/C=C\C/C=C\C/C=C\C/C=C\C/C=C\C/C=C\CCCCCCCCCCC(=O)OC(COC(=O)CCC/C=C\C/C=C\C/C=C\C/C=C\C/C=C\C/C=C\C/C=C\C/C=C\C/C=C\CC)COC(OCC[N+](C)(C)C)C(=O)[O-]. The Morgan fingerprint density at radius 1 is 0.323 bits per heavy atom. The van der Waals surface area contributed by atoms with Crippen LogP contribution in [0.15, 0.2) is 231 Å². The lowest BCUT2D eigenvalue weighted by atomic mass is 10.1. The summed E-state index contributed by atoms with van der Waals surface area (Å²) in [6.07, 6.45) is 111. The van der Waals surface area contributed by atoms with E-state index in [4.69, 9.17) is 18.9 Å². The van der Waals surface area contributed by atoms with E-state index in [1.165, 1.54) is 25.7 Å². The van der Waals surface area contributed by atoms with Crippen molar-refractivity contribution in [3.05, 3.63) is 231 Å². The Morgan fingerprint density at radius 2 is 0.591 bits per heavy atom. The fraction of sp³-hybridized carbons (Fsp3) is 0.512. The highest BCUT2D eigenvalue weighted by atomic mass is 16.7. The molecule has 0 aromatic rings. The number of nitrogens with zero attached hydrogens (tertiary/aromatic N) is 1. The van der Waals surface area contributed by atoms with Gasteiger partial charge in [0, 0.05) is 12.8 Å². The minimum Gasteiger partial charge on any atom is -0.545 e. The van der Waals surface area contributed by atoms with E-state index >= 15 is 0 Å². The topological polar surface area (TPSA) is 111 Å². The third-order valence-corrected chi connectivity index (χ3v) is 13.9. The van der Waals surface area contributed by atoms with Gasteiger partial charge in [-0.3, -0.25) is 9.59 Å². The second kappa shape index (κ2) is 71.2. The van der Waals surface area contributed by atoms with Gasteiger partial charge in [0.15, 0.2) is 12.4 Å². The summed E-state index contributed by atoms with van der Waals surface area (Å²) in [5.41, 5.74) is 0. The van der Waals surface area contributed by atoms with Crippen molar-refractivity contribution in [1.82, 2.24) is 0 Å². The molecule has 0 aliphatic carbocycles. The fourth-order valence-corrected chi connectivity index (χ4v) is 8.56. The maximum absolute atomic E-state index is 12.9. The molecule has 0 N–H and O–H groups in total. The molecule has 0 bridgehead atoms. The van der Waals surface area contributed by atoms with Crippen LogP contribution in [-0.4, -0.2) is 82.3 Å². The number of carbonyl (C=O) groups excluding carboxylic acids is 3. The first-order valence-corrected chi connectivity index (χ1v) is 35.5. The molecule has 9 heteroatoms. The monoisotopic (exact) mass is 1280 g/mol. The summed E-state index contributed by atoms with van der Waals surface area (Å²) in [5.74, 6) is -2.40. The Hall–Kier alpha value is -6.65. The summed E-state index contributed by atoms with van der Waals surface area (Å²) in [4.78, 5) is 37.5. The molecule has 0 heterocycles. The maximum atomic E-state index is 12.9. The van der Waals surface area contributed by atoms with Gasteiger partial charge in [0.05, 0.1) is 40.3 Å². The number of esters is 2. The van der Waals surface area contributed by atoms with Crippen LogP contribution >= 0.6 is 0 Å². The van der Waals surface area contributed by atoms with E-state index in [0.29, 0.717) is 23.9 Å². The summed E-state index contributed by atoms with van der Waals surface area (Å²) in [6, 6.07) is 0. The molecule has 0 amide bonds. The number of carbonyl (C=O) groups is 3. The van der Waals surface area contributed by atoms with Crippen LogP contribution in [0.5, 0.6) is 0 Å². The molecule has 0 fully saturated rings. The molecule has 93 heavy (non-hydrogen) atoms. The predicted octanol–water partition coefficient (Wildman–Crippen LogP) is 21.3. The minimum atomic E-state index is -1.65. The average Bonchev–Trinajstić information content (AvgIpc) is 3.38. The molecule has 0 spiro atoms. The summed E-state index contributed by atoms with van der Waals surface area (Å²) >= 11 is 0. The Balaban J connectivity index is 4.31. The number of hydrogen-bond acceptors (Lipinski definition) is 8. The van der Waals surface area contributed by atoms with Crippen molar-refractivity contribution in [2.45, 2.75) is 232 Å². The van der Waals surface area contributed by atoms with Crippen LogP contribution < -0.4 is 5.11 Å².